The van der Waals surface area contributed by atoms with Gasteiger partial charge in [-0.15, -0.1) is 0 Å². The van der Waals surface area contributed by atoms with Crippen LogP contribution in [-0.4, -0.2) is 15.8 Å². The van der Waals surface area contributed by atoms with Gasteiger partial charge in [0, 0.05) is 17.2 Å². The fraction of sp³-hybridized carbons (Fsp3) is 0.143. The second-order valence-electron chi connectivity index (χ2n) is 4.03. The molecular weight excluding hydrogens is 292 g/mol. The molecular formula is C14H11BrN2O. The number of aromatic nitrogens is 1. The minimum Gasteiger partial charge on any atom is -0.328 e. The maximum absolute atomic E-state index is 12.3. The van der Waals surface area contributed by atoms with E-state index in [1.807, 2.05) is 24.3 Å². The van der Waals surface area contributed by atoms with Crippen LogP contribution >= 0.6 is 15.9 Å². The number of hydrogen-bond acceptors (Lipinski definition) is 2. The van der Waals surface area contributed by atoms with E-state index < -0.39 is 6.50 Å². The Bertz CT molecular complexity index is 673. The van der Waals surface area contributed by atoms with Crippen LogP contribution < -0.4 is 0 Å². The molecule has 0 saturated carbocycles. The third kappa shape index (κ3) is 2.04. The largest absolute Gasteiger partial charge is 0.328 e. The second-order valence-corrected chi connectivity index (χ2v) is 4.94. The molecule has 0 aliphatic carbocycles. The van der Waals surface area contributed by atoms with Gasteiger partial charge in [-0.25, -0.2) is 0 Å². The number of benzene rings is 1. The van der Waals surface area contributed by atoms with Crippen LogP contribution in [0, 0.1) is 0 Å². The predicted molar refractivity (Wildman–Crippen MR) is 72.0 cm³/mol. The highest BCUT2D eigenvalue weighted by molar-refractivity contribution is 9.10. The summed E-state index contributed by atoms with van der Waals surface area (Å²) in [6, 6.07) is 10.7. The van der Waals surface area contributed by atoms with E-state index in [-0.39, 0.29) is 18.1 Å². The molecule has 0 N–H and O–H groups in total. The van der Waals surface area contributed by atoms with Crippen molar-refractivity contribution in [3.63, 3.8) is 0 Å². The predicted octanol–water partition coefficient (Wildman–Crippen LogP) is 3.00. The quantitative estimate of drug-likeness (QED) is 0.854. The van der Waals surface area contributed by atoms with E-state index in [2.05, 4.69) is 20.9 Å². The van der Waals surface area contributed by atoms with Crippen molar-refractivity contribution in [3.8, 4) is 0 Å². The van der Waals surface area contributed by atoms with Crippen molar-refractivity contribution in [2.24, 2.45) is 0 Å². The molecule has 0 spiro atoms. The molecule has 0 atom stereocenters. The second kappa shape index (κ2) is 4.53. The van der Waals surface area contributed by atoms with Crippen LogP contribution in [0.5, 0.6) is 0 Å². The number of nitrogens with zero attached hydrogens (tertiary/aromatic N) is 2. The van der Waals surface area contributed by atoms with Crippen LogP contribution in [0.3, 0.4) is 0 Å². The molecule has 3 rings (SSSR count). The monoisotopic (exact) mass is 304 g/mol. The van der Waals surface area contributed by atoms with Gasteiger partial charge in [-0.2, -0.15) is 0 Å². The maximum Gasteiger partial charge on any atom is 0.256 e. The Morgan fingerprint density at radius 2 is 2.11 bits per heavy atom. The van der Waals surface area contributed by atoms with Crippen LogP contribution in [0.1, 0.15) is 24.4 Å². The van der Waals surface area contributed by atoms with Gasteiger partial charge in [-0.05, 0) is 29.8 Å². The molecule has 1 amide bonds. The summed E-state index contributed by atoms with van der Waals surface area (Å²) < 4.78 is 17.2. The zero-order valence-electron chi connectivity index (χ0n) is 11.4. The first kappa shape index (κ1) is 9.28. The van der Waals surface area contributed by atoms with Crippen molar-refractivity contribution in [1.29, 1.82) is 0 Å². The van der Waals surface area contributed by atoms with E-state index in [0.717, 1.165) is 10.0 Å². The number of rotatable bonds is 2. The zero-order chi connectivity index (χ0) is 14.3. The molecule has 3 nitrogen and oxygen atoms in total. The van der Waals surface area contributed by atoms with Crippen LogP contribution in [0.15, 0.2) is 47.1 Å². The lowest BCUT2D eigenvalue weighted by molar-refractivity contribution is 0.0766. The van der Waals surface area contributed by atoms with Crippen LogP contribution in [0.4, 0.5) is 0 Å². The van der Waals surface area contributed by atoms with Crippen molar-refractivity contribution in [3.05, 3.63) is 63.9 Å². The summed E-state index contributed by atoms with van der Waals surface area (Å²) in [5.41, 5.74) is 1.41. The van der Waals surface area contributed by atoms with E-state index in [9.17, 15) is 4.79 Å². The number of hydrogen-bond donors (Lipinski definition) is 0. The van der Waals surface area contributed by atoms with Gasteiger partial charge in [0.1, 0.15) is 0 Å². The van der Waals surface area contributed by atoms with Gasteiger partial charge < -0.3 is 4.90 Å². The molecule has 18 heavy (non-hydrogen) atoms. The van der Waals surface area contributed by atoms with Gasteiger partial charge in [0.15, 0.2) is 0 Å². The zero-order valence-corrected chi connectivity index (χ0v) is 11.0. The molecule has 1 aliphatic heterocycles. The number of fused-ring (bicyclic) bond motifs is 1. The molecule has 1 aromatic carbocycles. The maximum atomic E-state index is 12.3. The summed E-state index contributed by atoms with van der Waals surface area (Å²) in [4.78, 5) is 17.6. The molecule has 0 bridgehead atoms. The number of carbonyl (C=O) groups is 1. The van der Waals surface area contributed by atoms with Gasteiger partial charge in [-0.3, -0.25) is 9.78 Å². The summed E-state index contributed by atoms with van der Waals surface area (Å²) in [6.07, 6.45) is 1.51. The van der Waals surface area contributed by atoms with Crippen LogP contribution in [-0.2, 0) is 13.0 Å². The third-order valence-corrected chi connectivity index (χ3v) is 3.31. The minimum atomic E-state index is -1.87. The highest BCUT2D eigenvalue weighted by Crippen LogP contribution is 2.22. The van der Waals surface area contributed by atoms with Crippen molar-refractivity contribution in [2.75, 3.05) is 0 Å². The summed E-state index contributed by atoms with van der Waals surface area (Å²) in [5.74, 6) is -0.319. The summed E-state index contributed by atoms with van der Waals surface area (Å²) in [5, 5.41) is 0. The van der Waals surface area contributed by atoms with E-state index in [0.29, 0.717) is 5.56 Å². The van der Waals surface area contributed by atoms with Gasteiger partial charge in [0.05, 0.1) is 20.5 Å². The van der Waals surface area contributed by atoms with Crippen molar-refractivity contribution >= 4 is 21.8 Å². The summed E-state index contributed by atoms with van der Waals surface area (Å²) in [6.45, 7) is -1.66. The lowest BCUT2D eigenvalue weighted by atomic mass is 10.2. The van der Waals surface area contributed by atoms with Crippen LogP contribution in [0.2, 0.25) is 0 Å². The SMILES string of the molecule is [2H]C1([2H])c2ncccc2C(=O)N1Cc1ccc(Br)cc1. The first-order valence-corrected chi connectivity index (χ1v) is 6.31. The molecule has 2 aromatic rings. The molecule has 0 radical (unpaired) electrons. The highest BCUT2D eigenvalue weighted by atomic mass is 79.9. The van der Waals surface area contributed by atoms with Crippen molar-refractivity contribution in [1.82, 2.24) is 9.88 Å². The van der Waals surface area contributed by atoms with Crippen LogP contribution in [0.25, 0.3) is 0 Å². The number of carbonyl (C=O) groups excluding carboxylic acids is 1. The fourth-order valence-electron chi connectivity index (χ4n) is 1.87. The molecule has 0 unspecified atom stereocenters. The summed E-state index contributed by atoms with van der Waals surface area (Å²) in [7, 11) is 0. The topological polar surface area (TPSA) is 33.2 Å². The molecule has 0 fully saturated rings. The van der Waals surface area contributed by atoms with E-state index in [1.54, 1.807) is 12.1 Å². The van der Waals surface area contributed by atoms with Gasteiger partial charge in [0.25, 0.3) is 5.91 Å². The molecule has 1 aliphatic rings. The van der Waals surface area contributed by atoms with Gasteiger partial charge >= 0.3 is 0 Å². The molecule has 4 heteroatoms. The molecule has 0 saturated heterocycles. The molecule has 2 heterocycles. The average molecular weight is 305 g/mol. The first-order valence-electron chi connectivity index (χ1n) is 6.52. The van der Waals surface area contributed by atoms with Gasteiger partial charge in [0.2, 0.25) is 0 Å². The number of pyridine rings is 1. The fourth-order valence-corrected chi connectivity index (χ4v) is 2.14. The lowest BCUT2D eigenvalue weighted by Crippen LogP contribution is -2.23. The average Bonchev–Trinajstić information content (AvgIpc) is 2.63. The minimum absolute atomic E-state index is 0.196. The Hall–Kier alpha value is -1.68. The Morgan fingerprint density at radius 3 is 2.83 bits per heavy atom. The normalized spacial score (nSPS) is 18.3. The lowest BCUT2D eigenvalue weighted by Gasteiger charge is -2.15. The Labute approximate surface area is 116 Å². The van der Waals surface area contributed by atoms with E-state index in [4.69, 9.17) is 2.74 Å². The molecule has 90 valence electrons. The van der Waals surface area contributed by atoms with Gasteiger partial charge in [-0.1, -0.05) is 28.1 Å². The Balaban J connectivity index is 1.96. The van der Waals surface area contributed by atoms with Crippen molar-refractivity contribution in [2.45, 2.75) is 13.0 Å². The Kier molecular flexibility index (Phi) is 2.34. The highest BCUT2D eigenvalue weighted by Gasteiger charge is 2.27. The van der Waals surface area contributed by atoms with Crippen molar-refractivity contribution < 1.29 is 7.54 Å². The number of halogens is 1. The smallest absolute Gasteiger partial charge is 0.256 e. The standard InChI is InChI=1S/C14H11BrN2O/c15-11-5-3-10(4-6-11)8-17-9-13-12(14(17)18)2-1-7-16-13/h1-7H,8-9H2/i9D2. The Morgan fingerprint density at radius 1 is 1.33 bits per heavy atom. The summed E-state index contributed by atoms with van der Waals surface area (Å²) >= 11 is 3.35. The van der Waals surface area contributed by atoms with E-state index in [1.165, 1.54) is 11.1 Å². The number of amides is 1. The third-order valence-electron chi connectivity index (χ3n) is 2.78. The van der Waals surface area contributed by atoms with E-state index >= 15 is 0 Å². The first-order chi connectivity index (χ1) is 9.50. The molecule has 1 aromatic heterocycles.